The molecule has 1 aliphatic rings. The maximum Gasteiger partial charge on any atom is 0.254 e. The second-order valence-electron chi connectivity index (χ2n) is 4.70. The van der Waals surface area contributed by atoms with Gasteiger partial charge in [0, 0.05) is 30.1 Å². The Morgan fingerprint density at radius 1 is 1.37 bits per heavy atom. The van der Waals surface area contributed by atoms with Crippen LogP contribution in [0, 0.1) is 0 Å². The van der Waals surface area contributed by atoms with Gasteiger partial charge in [-0.25, -0.2) is 8.42 Å². The van der Waals surface area contributed by atoms with Crippen molar-refractivity contribution in [1.82, 2.24) is 4.90 Å². The van der Waals surface area contributed by atoms with Crippen molar-refractivity contribution in [3.63, 3.8) is 0 Å². The van der Waals surface area contributed by atoms with Crippen LogP contribution in [0.3, 0.4) is 0 Å². The first-order chi connectivity index (χ1) is 8.93. The van der Waals surface area contributed by atoms with Crippen molar-refractivity contribution < 1.29 is 13.2 Å². The molecule has 6 heteroatoms. The lowest BCUT2D eigenvalue weighted by atomic mass is 9.98. The van der Waals surface area contributed by atoms with Crippen LogP contribution in [0.5, 0.6) is 0 Å². The third-order valence-electron chi connectivity index (χ3n) is 3.41. The monoisotopic (exact) mass is 282 g/mol. The number of benzene rings is 1. The Morgan fingerprint density at radius 2 is 2.11 bits per heavy atom. The van der Waals surface area contributed by atoms with Gasteiger partial charge in [-0.3, -0.25) is 4.79 Å². The molecule has 2 N–H and O–H groups in total. The normalized spacial score (nSPS) is 15.4. The molecule has 0 radical (unpaired) electrons. The molecule has 0 saturated carbocycles. The quantitative estimate of drug-likeness (QED) is 0.824. The lowest BCUT2D eigenvalue weighted by molar-refractivity contribution is 0.0750. The molecule has 19 heavy (non-hydrogen) atoms. The van der Waals surface area contributed by atoms with Crippen molar-refractivity contribution in [1.29, 1.82) is 0 Å². The summed E-state index contributed by atoms with van der Waals surface area (Å²) in [5.74, 6) is 0.00528. The summed E-state index contributed by atoms with van der Waals surface area (Å²) in [6, 6.07) is 5.31. The zero-order valence-electron chi connectivity index (χ0n) is 10.9. The zero-order chi connectivity index (χ0) is 14.0. The molecule has 0 spiro atoms. The SMILES string of the molecule is CCS(=O)(=O)CCN1CCc2ccc(N)cc2C1=O. The molecular formula is C13H18N2O3S. The molecule has 104 valence electrons. The van der Waals surface area contributed by atoms with Crippen molar-refractivity contribution in [2.45, 2.75) is 13.3 Å². The summed E-state index contributed by atoms with van der Waals surface area (Å²) < 4.78 is 23.0. The van der Waals surface area contributed by atoms with Gasteiger partial charge in [0.1, 0.15) is 0 Å². The minimum Gasteiger partial charge on any atom is -0.399 e. The van der Waals surface area contributed by atoms with E-state index in [1.807, 2.05) is 6.07 Å². The van der Waals surface area contributed by atoms with E-state index in [0.717, 1.165) is 12.0 Å². The fourth-order valence-corrected chi connectivity index (χ4v) is 2.93. The van der Waals surface area contributed by atoms with E-state index in [2.05, 4.69) is 0 Å². The van der Waals surface area contributed by atoms with Crippen molar-refractivity contribution in [3.8, 4) is 0 Å². The Kier molecular flexibility index (Phi) is 3.80. The fourth-order valence-electron chi connectivity index (χ4n) is 2.15. The van der Waals surface area contributed by atoms with Crippen LogP contribution >= 0.6 is 0 Å². The molecule has 1 amide bonds. The van der Waals surface area contributed by atoms with Crippen molar-refractivity contribution in [3.05, 3.63) is 29.3 Å². The molecule has 1 aromatic carbocycles. The third-order valence-corrected chi connectivity index (χ3v) is 5.10. The predicted molar refractivity (Wildman–Crippen MR) is 74.8 cm³/mol. The number of hydrogen-bond donors (Lipinski definition) is 1. The largest absolute Gasteiger partial charge is 0.399 e. The van der Waals surface area contributed by atoms with Crippen molar-refractivity contribution >= 4 is 21.4 Å². The Bertz CT molecular complexity index is 596. The van der Waals surface area contributed by atoms with Crippen LogP contribution in [0.1, 0.15) is 22.8 Å². The van der Waals surface area contributed by atoms with Crippen LogP contribution in [0.25, 0.3) is 0 Å². The fraction of sp³-hybridized carbons (Fsp3) is 0.462. The van der Waals surface area contributed by atoms with E-state index in [-0.39, 0.29) is 24.0 Å². The first-order valence-corrected chi connectivity index (χ1v) is 8.13. The highest BCUT2D eigenvalue weighted by molar-refractivity contribution is 7.91. The Labute approximate surface area is 113 Å². The molecule has 0 aromatic heterocycles. The van der Waals surface area contributed by atoms with Crippen LogP contribution in [-0.2, 0) is 16.3 Å². The van der Waals surface area contributed by atoms with Crippen LogP contribution in [0.15, 0.2) is 18.2 Å². The van der Waals surface area contributed by atoms with Crippen LogP contribution < -0.4 is 5.73 Å². The number of fused-ring (bicyclic) bond motifs is 1. The summed E-state index contributed by atoms with van der Waals surface area (Å²) in [7, 11) is -3.05. The van der Waals surface area contributed by atoms with Gasteiger partial charge >= 0.3 is 0 Å². The van der Waals surface area contributed by atoms with Crippen LogP contribution in [0.4, 0.5) is 5.69 Å². The molecule has 0 fully saturated rings. The molecule has 2 rings (SSSR count). The zero-order valence-corrected chi connectivity index (χ0v) is 11.7. The maximum absolute atomic E-state index is 12.2. The van der Waals surface area contributed by atoms with E-state index in [0.29, 0.717) is 17.8 Å². The van der Waals surface area contributed by atoms with Gasteiger partial charge in [-0.15, -0.1) is 0 Å². The van der Waals surface area contributed by atoms with Crippen LogP contribution in [-0.4, -0.2) is 43.8 Å². The number of carbonyl (C=O) groups excluding carboxylic acids is 1. The second kappa shape index (κ2) is 5.21. The molecule has 0 unspecified atom stereocenters. The number of nitrogens with zero attached hydrogens (tertiary/aromatic N) is 1. The minimum absolute atomic E-state index is 0.0207. The number of nitrogens with two attached hydrogens (primary N) is 1. The molecule has 0 aliphatic carbocycles. The summed E-state index contributed by atoms with van der Waals surface area (Å²) >= 11 is 0. The van der Waals surface area contributed by atoms with Crippen molar-refractivity contribution in [2.24, 2.45) is 0 Å². The molecule has 5 nitrogen and oxygen atoms in total. The van der Waals surface area contributed by atoms with Gasteiger partial charge < -0.3 is 10.6 Å². The summed E-state index contributed by atoms with van der Waals surface area (Å²) in [4.78, 5) is 13.8. The van der Waals surface area contributed by atoms with Gasteiger partial charge in [-0.2, -0.15) is 0 Å². The Morgan fingerprint density at radius 3 is 2.79 bits per heavy atom. The minimum atomic E-state index is -3.05. The number of nitrogen functional groups attached to an aromatic ring is 1. The lowest BCUT2D eigenvalue weighted by Gasteiger charge is -2.28. The van der Waals surface area contributed by atoms with Gasteiger partial charge in [-0.05, 0) is 24.1 Å². The molecule has 1 heterocycles. The highest BCUT2D eigenvalue weighted by Crippen LogP contribution is 2.21. The lowest BCUT2D eigenvalue weighted by Crippen LogP contribution is -2.40. The number of rotatable bonds is 4. The second-order valence-corrected chi connectivity index (χ2v) is 7.17. The molecule has 0 saturated heterocycles. The third kappa shape index (κ3) is 3.07. The van der Waals surface area contributed by atoms with Crippen molar-refractivity contribution in [2.75, 3.05) is 30.3 Å². The van der Waals surface area contributed by atoms with E-state index >= 15 is 0 Å². The summed E-state index contributed by atoms with van der Waals surface area (Å²) in [5, 5.41) is 0. The number of sulfone groups is 1. The van der Waals surface area contributed by atoms with Gasteiger partial charge in [0.05, 0.1) is 5.75 Å². The Hall–Kier alpha value is -1.56. The van der Waals surface area contributed by atoms with E-state index in [1.165, 1.54) is 0 Å². The molecule has 0 bridgehead atoms. The Balaban J connectivity index is 2.13. The van der Waals surface area contributed by atoms with Gasteiger partial charge in [0.25, 0.3) is 5.91 Å². The summed E-state index contributed by atoms with van der Waals surface area (Å²) in [5.41, 5.74) is 7.82. The first kappa shape index (κ1) is 13.9. The van der Waals surface area contributed by atoms with E-state index in [4.69, 9.17) is 5.73 Å². The molecule has 0 atom stereocenters. The smallest absolute Gasteiger partial charge is 0.254 e. The molecule has 1 aliphatic heterocycles. The van der Waals surface area contributed by atoms with E-state index < -0.39 is 9.84 Å². The first-order valence-electron chi connectivity index (χ1n) is 6.31. The summed E-state index contributed by atoms with van der Waals surface area (Å²) in [6.07, 6.45) is 0.744. The molecule has 1 aromatic rings. The van der Waals surface area contributed by atoms with Gasteiger partial charge in [0.2, 0.25) is 0 Å². The average Bonchev–Trinajstić information content (AvgIpc) is 2.39. The summed E-state index contributed by atoms with van der Waals surface area (Å²) in [6.45, 7) is 2.43. The predicted octanol–water partition coefficient (Wildman–Crippen LogP) is 0.702. The number of anilines is 1. The van der Waals surface area contributed by atoms with Gasteiger partial charge in [-0.1, -0.05) is 13.0 Å². The number of amides is 1. The van der Waals surface area contributed by atoms with Gasteiger partial charge in [0.15, 0.2) is 9.84 Å². The van der Waals surface area contributed by atoms with E-state index in [9.17, 15) is 13.2 Å². The number of carbonyl (C=O) groups is 1. The maximum atomic E-state index is 12.2. The number of hydrogen-bond acceptors (Lipinski definition) is 4. The topological polar surface area (TPSA) is 80.5 Å². The van der Waals surface area contributed by atoms with E-state index in [1.54, 1.807) is 24.0 Å². The molecular weight excluding hydrogens is 264 g/mol. The highest BCUT2D eigenvalue weighted by Gasteiger charge is 2.25. The van der Waals surface area contributed by atoms with Crippen LogP contribution in [0.2, 0.25) is 0 Å². The average molecular weight is 282 g/mol. The highest BCUT2D eigenvalue weighted by atomic mass is 32.2. The standard InChI is InChI=1S/C13H18N2O3S/c1-2-19(17,18)8-7-15-6-5-10-3-4-11(14)9-12(10)13(15)16/h3-4,9H,2,5-8,14H2,1H3.